The van der Waals surface area contributed by atoms with Crippen LogP contribution in [0.2, 0.25) is 0 Å². The molecule has 1 heterocycles. The Morgan fingerprint density at radius 2 is 1.95 bits per heavy atom. The van der Waals surface area contributed by atoms with Gasteiger partial charge in [-0.2, -0.15) is 0 Å². The van der Waals surface area contributed by atoms with E-state index in [9.17, 15) is 4.79 Å². The third kappa shape index (κ3) is 4.26. The maximum absolute atomic E-state index is 11.9. The van der Waals surface area contributed by atoms with Crippen LogP contribution >= 0.6 is 0 Å². The lowest BCUT2D eigenvalue weighted by atomic mass is 10.2. The third-order valence-electron chi connectivity index (χ3n) is 2.87. The van der Waals surface area contributed by atoms with Crippen molar-refractivity contribution in [1.29, 1.82) is 0 Å². The minimum Gasteiger partial charge on any atom is -0.468 e. The van der Waals surface area contributed by atoms with E-state index in [1.165, 1.54) is 0 Å². The molecule has 1 atom stereocenters. The maximum Gasteiger partial charge on any atom is 0.237 e. The van der Waals surface area contributed by atoms with Gasteiger partial charge in [-0.25, -0.2) is 0 Å². The van der Waals surface area contributed by atoms with Gasteiger partial charge in [-0.15, -0.1) is 0 Å². The van der Waals surface area contributed by atoms with E-state index >= 15 is 0 Å². The summed E-state index contributed by atoms with van der Waals surface area (Å²) in [6, 6.07) is 13.3. The molecular weight excluding hydrogens is 240 g/mol. The second-order valence-electron chi connectivity index (χ2n) is 4.39. The molecule has 1 aromatic heterocycles. The lowest BCUT2D eigenvalue weighted by molar-refractivity contribution is -0.122. The van der Waals surface area contributed by atoms with Crippen molar-refractivity contribution in [3.63, 3.8) is 0 Å². The molecule has 100 valence electrons. The zero-order valence-corrected chi connectivity index (χ0v) is 10.9. The molecule has 1 amide bonds. The molecule has 1 unspecified atom stereocenters. The summed E-state index contributed by atoms with van der Waals surface area (Å²) in [5.41, 5.74) is 1.09. The van der Waals surface area contributed by atoms with E-state index in [4.69, 9.17) is 4.42 Å². The Hall–Kier alpha value is -2.07. The molecule has 0 aliphatic carbocycles. The molecule has 2 rings (SSSR count). The average Bonchev–Trinajstić information content (AvgIpc) is 2.96. The molecule has 4 heteroatoms. The topological polar surface area (TPSA) is 54.3 Å². The van der Waals surface area contributed by atoms with Gasteiger partial charge in [-0.3, -0.25) is 10.1 Å². The largest absolute Gasteiger partial charge is 0.468 e. The molecule has 19 heavy (non-hydrogen) atoms. The number of hydrogen-bond acceptors (Lipinski definition) is 3. The van der Waals surface area contributed by atoms with Crippen LogP contribution in [0.1, 0.15) is 18.2 Å². The van der Waals surface area contributed by atoms with Crippen LogP contribution in [0, 0.1) is 0 Å². The number of furan rings is 1. The molecule has 0 aliphatic heterocycles. The monoisotopic (exact) mass is 258 g/mol. The van der Waals surface area contributed by atoms with Gasteiger partial charge in [0.05, 0.1) is 18.8 Å². The number of amides is 1. The fourth-order valence-electron chi connectivity index (χ4n) is 1.70. The molecule has 0 fully saturated rings. The lowest BCUT2D eigenvalue weighted by Gasteiger charge is -2.13. The van der Waals surface area contributed by atoms with Crippen LogP contribution in [0.15, 0.2) is 53.1 Å². The number of carbonyl (C=O) groups excluding carboxylic acids is 1. The smallest absolute Gasteiger partial charge is 0.237 e. The Bertz CT molecular complexity index is 494. The van der Waals surface area contributed by atoms with Crippen LogP contribution in [0.3, 0.4) is 0 Å². The molecule has 2 aromatic rings. The summed E-state index contributed by atoms with van der Waals surface area (Å²) >= 11 is 0. The Labute approximate surface area is 112 Å². The second kappa shape index (κ2) is 6.75. The Kier molecular flexibility index (Phi) is 4.75. The first-order valence-electron chi connectivity index (χ1n) is 6.33. The quantitative estimate of drug-likeness (QED) is 0.834. The van der Waals surface area contributed by atoms with Crippen LogP contribution in [-0.2, 0) is 17.9 Å². The van der Waals surface area contributed by atoms with Crippen LogP contribution in [-0.4, -0.2) is 11.9 Å². The number of hydrogen-bond donors (Lipinski definition) is 2. The van der Waals surface area contributed by atoms with Crippen LogP contribution < -0.4 is 10.6 Å². The van der Waals surface area contributed by atoms with Crippen molar-refractivity contribution in [2.75, 3.05) is 0 Å². The number of carbonyl (C=O) groups is 1. The van der Waals surface area contributed by atoms with E-state index in [1.54, 1.807) is 6.26 Å². The third-order valence-corrected chi connectivity index (χ3v) is 2.87. The summed E-state index contributed by atoms with van der Waals surface area (Å²) in [6.07, 6.45) is 1.62. The predicted molar refractivity (Wildman–Crippen MR) is 73.3 cm³/mol. The van der Waals surface area contributed by atoms with Crippen molar-refractivity contribution in [3.05, 3.63) is 60.1 Å². The summed E-state index contributed by atoms with van der Waals surface area (Å²) < 4.78 is 5.20. The SMILES string of the molecule is CC(NCc1ccco1)C(=O)NCc1ccccc1. The van der Waals surface area contributed by atoms with Crippen molar-refractivity contribution >= 4 is 5.91 Å². The van der Waals surface area contributed by atoms with E-state index in [2.05, 4.69) is 10.6 Å². The Balaban J connectivity index is 1.73. The highest BCUT2D eigenvalue weighted by atomic mass is 16.3. The zero-order chi connectivity index (χ0) is 13.5. The van der Waals surface area contributed by atoms with E-state index in [0.29, 0.717) is 13.1 Å². The van der Waals surface area contributed by atoms with Crippen molar-refractivity contribution < 1.29 is 9.21 Å². The minimum absolute atomic E-state index is 0.0181. The van der Waals surface area contributed by atoms with E-state index < -0.39 is 0 Å². The number of rotatable bonds is 6. The fraction of sp³-hybridized carbons (Fsp3) is 0.267. The van der Waals surface area contributed by atoms with E-state index in [1.807, 2.05) is 49.4 Å². The van der Waals surface area contributed by atoms with Gasteiger partial charge in [0, 0.05) is 6.54 Å². The van der Waals surface area contributed by atoms with Gasteiger partial charge in [-0.1, -0.05) is 30.3 Å². The number of nitrogens with one attached hydrogen (secondary N) is 2. The molecule has 0 aliphatic rings. The first kappa shape index (κ1) is 13.4. The standard InChI is InChI=1S/C15H18N2O2/c1-12(16-11-14-8-5-9-19-14)15(18)17-10-13-6-3-2-4-7-13/h2-9,12,16H,10-11H2,1H3,(H,17,18). The van der Waals surface area contributed by atoms with Gasteiger partial charge in [-0.05, 0) is 24.6 Å². The highest BCUT2D eigenvalue weighted by Crippen LogP contribution is 2.00. The minimum atomic E-state index is -0.256. The summed E-state index contributed by atoms with van der Waals surface area (Å²) in [4.78, 5) is 11.9. The van der Waals surface area contributed by atoms with Gasteiger partial charge in [0.2, 0.25) is 5.91 Å². The fourth-order valence-corrected chi connectivity index (χ4v) is 1.70. The van der Waals surface area contributed by atoms with Gasteiger partial charge in [0.15, 0.2) is 0 Å². The average molecular weight is 258 g/mol. The van der Waals surface area contributed by atoms with E-state index in [0.717, 1.165) is 11.3 Å². The highest BCUT2D eigenvalue weighted by Gasteiger charge is 2.11. The molecule has 0 saturated heterocycles. The second-order valence-corrected chi connectivity index (χ2v) is 4.39. The van der Waals surface area contributed by atoms with Crippen LogP contribution in [0.5, 0.6) is 0 Å². The summed E-state index contributed by atoms with van der Waals surface area (Å²) in [5.74, 6) is 0.804. The van der Waals surface area contributed by atoms with Gasteiger partial charge in [0.1, 0.15) is 5.76 Å². The molecule has 2 N–H and O–H groups in total. The van der Waals surface area contributed by atoms with Crippen LogP contribution in [0.4, 0.5) is 0 Å². The maximum atomic E-state index is 11.9. The van der Waals surface area contributed by atoms with Crippen molar-refractivity contribution in [1.82, 2.24) is 10.6 Å². The predicted octanol–water partition coefficient (Wildman–Crippen LogP) is 2.07. The van der Waals surface area contributed by atoms with Gasteiger partial charge >= 0.3 is 0 Å². The molecule has 0 saturated carbocycles. The number of benzene rings is 1. The van der Waals surface area contributed by atoms with Crippen molar-refractivity contribution in [3.8, 4) is 0 Å². The van der Waals surface area contributed by atoms with Crippen molar-refractivity contribution in [2.24, 2.45) is 0 Å². The first-order chi connectivity index (χ1) is 9.25. The van der Waals surface area contributed by atoms with Crippen molar-refractivity contribution in [2.45, 2.75) is 26.1 Å². The highest BCUT2D eigenvalue weighted by molar-refractivity contribution is 5.81. The first-order valence-corrected chi connectivity index (χ1v) is 6.33. The molecule has 1 aromatic carbocycles. The molecular formula is C15H18N2O2. The Morgan fingerprint density at radius 1 is 1.16 bits per heavy atom. The van der Waals surface area contributed by atoms with Gasteiger partial charge in [0.25, 0.3) is 0 Å². The van der Waals surface area contributed by atoms with Crippen LogP contribution in [0.25, 0.3) is 0 Å². The summed E-state index contributed by atoms with van der Waals surface area (Å²) in [7, 11) is 0. The molecule has 0 spiro atoms. The van der Waals surface area contributed by atoms with E-state index in [-0.39, 0.29) is 11.9 Å². The Morgan fingerprint density at radius 3 is 2.63 bits per heavy atom. The molecule has 0 bridgehead atoms. The lowest BCUT2D eigenvalue weighted by Crippen LogP contribution is -2.41. The summed E-state index contributed by atoms with van der Waals surface area (Å²) in [5, 5.41) is 6.01. The molecule has 4 nitrogen and oxygen atoms in total. The molecule has 0 radical (unpaired) electrons. The van der Waals surface area contributed by atoms with Gasteiger partial charge < -0.3 is 9.73 Å². The zero-order valence-electron chi connectivity index (χ0n) is 10.9. The summed E-state index contributed by atoms with van der Waals surface area (Å²) in [6.45, 7) is 2.93. The normalized spacial score (nSPS) is 12.1.